The van der Waals surface area contributed by atoms with Gasteiger partial charge in [-0.05, 0) is 68.0 Å². The molecule has 0 unspecified atom stereocenters. The number of carboxylic acids is 1. The molecule has 1 aliphatic carbocycles. The quantitative estimate of drug-likeness (QED) is 0.316. The van der Waals surface area contributed by atoms with Crippen molar-refractivity contribution in [2.24, 2.45) is 0 Å². The Morgan fingerprint density at radius 1 is 1.19 bits per heavy atom. The molecule has 2 atom stereocenters. The van der Waals surface area contributed by atoms with E-state index < -0.39 is 24.0 Å². The van der Waals surface area contributed by atoms with Gasteiger partial charge in [-0.3, -0.25) is 4.79 Å². The van der Waals surface area contributed by atoms with Gasteiger partial charge in [0.2, 0.25) is 0 Å². The molecule has 192 valence electrons. The van der Waals surface area contributed by atoms with Crippen molar-refractivity contribution in [1.29, 1.82) is 0 Å². The maximum absolute atomic E-state index is 12.8. The van der Waals surface area contributed by atoms with E-state index in [2.05, 4.69) is 10.3 Å². The van der Waals surface area contributed by atoms with E-state index >= 15 is 0 Å². The van der Waals surface area contributed by atoms with Gasteiger partial charge in [0.1, 0.15) is 17.1 Å². The Hall–Kier alpha value is -3.98. The van der Waals surface area contributed by atoms with E-state index in [-0.39, 0.29) is 28.6 Å². The third kappa shape index (κ3) is 4.86. The molecule has 0 saturated carbocycles. The van der Waals surface area contributed by atoms with E-state index in [4.69, 9.17) is 20.8 Å². The molecular weight excluding hydrogens is 500 g/mol. The van der Waals surface area contributed by atoms with Gasteiger partial charge in [0.25, 0.3) is 5.91 Å². The number of amides is 1. The average Bonchev–Trinajstić information content (AvgIpc) is 3.26. The first-order valence-corrected chi connectivity index (χ1v) is 12.3. The van der Waals surface area contributed by atoms with E-state index in [0.717, 1.165) is 30.2 Å². The maximum atomic E-state index is 12.8. The Balaban J connectivity index is 1.34. The van der Waals surface area contributed by atoms with E-state index in [1.165, 1.54) is 25.1 Å². The number of carboxylic acid groups (broad SMARTS) is 1. The molecule has 10 heteroatoms. The minimum absolute atomic E-state index is 0.0352. The highest BCUT2D eigenvalue weighted by molar-refractivity contribution is 6.32. The number of aryl methyl sites for hydroxylation is 1. The maximum Gasteiger partial charge on any atom is 0.339 e. The second-order valence-electron chi connectivity index (χ2n) is 9.22. The van der Waals surface area contributed by atoms with E-state index in [1.807, 2.05) is 0 Å². The lowest BCUT2D eigenvalue weighted by atomic mass is 9.90. The van der Waals surface area contributed by atoms with Crippen molar-refractivity contribution in [3.63, 3.8) is 0 Å². The summed E-state index contributed by atoms with van der Waals surface area (Å²) >= 11 is 6.45. The van der Waals surface area contributed by atoms with Crippen LogP contribution in [0, 0.1) is 0 Å². The van der Waals surface area contributed by atoms with Gasteiger partial charge in [0, 0.05) is 40.5 Å². The topological polar surface area (TPSA) is 145 Å². The van der Waals surface area contributed by atoms with Crippen LogP contribution >= 0.6 is 11.6 Å². The van der Waals surface area contributed by atoms with Gasteiger partial charge >= 0.3 is 5.63 Å². The first-order chi connectivity index (χ1) is 17.7. The number of phenols is 1. The summed E-state index contributed by atoms with van der Waals surface area (Å²) in [5.41, 5.74) is 2.84. The molecule has 0 bridgehead atoms. The highest BCUT2D eigenvalue weighted by atomic mass is 35.5. The number of aromatic nitrogens is 1. The van der Waals surface area contributed by atoms with E-state index in [9.17, 15) is 24.6 Å². The number of fused-ring (bicyclic) bond motifs is 4. The predicted molar refractivity (Wildman–Crippen MR) is 135 cm³/mol. The number of rotatable bonds is 7. The van der Waals surface area contributed by atoms with Crippen molar-refractivity contribution < 1.29 is 29.0 Å². The summed E-state index contributed by atoms with van der Waals surface area (Å²) in [6.07, 6.45) is 3.75. The van der Waals surface area contributed by atoms with Crippen LogP contribution in [-0.4, -0.2) is 34.1 Å². The van der Waals surface area contributed by atoms with E-state index in [1.54, 1.807) is 18.3 Å². The van der Waals surface area contributed by atoms with Crippen molar-refractivity contribution in [2.45, 2.75) is 51.2 Å². The lowest BCUT2D eigenvalue weighted by Crippen LogP contribution is -2.52. The molecule has 0 aliphatic heterocycles. The van der Waals surface area contributed by atoms with E-state index in [0.29, 0.717) is 34.0 Å². The first-order valence-electron chi connectivity index (χ1n) is 12.0. The molecule has 2 aromatic carbocycles. The summed E-state index contributed by atoms with van der Waals surface area (Å²) in [5.74, 6) is -1.99. The van der Waals surface area contributed by atoms with Gasteiger partial charge in [0.15, 0.2) is 6.10 Å². The molecular formula is C27H24ClN2O7-. The fourth-order valence-corrected chi connectivity index (χ4v) is 5.02. The number of ether oxygens (including phenoxy) is 1. The molecule has 0 fully saturated rings. The van der Waals surface area contributed by atoms with Crippen molar-refractivity contribution in [1.82, 2.24) is 10.3 Å². The summed E-state index contributed by atoms with van der Waals surface area (Å²) in [6.45, 7) is 1.45. The average molecular weight is 524 g/mol. The molecule has 2 aromatic heterocycles. The molecule has 0 spiro atoms. The number of benzene rings is 2. The SMILES string of the molecule is C[C@H](Oc1cc2oc(=O)c3c(c2cc1Cl)CCCC3)C(=O)N[C@H](Cc1c[nH]c2ccc(O)cc12)C(=O)[O-]. The van der Waals surface area contributed by atoms with Crippen LogP contribution in [0.2, 0.25) is 5.02 Å². The predicted octanol–water partition coefficient (Wildman–Crippen LogP) is 2.76. The largest absolute Gasteiger partial charge is 0.548 e. The summed E-state index contributed by atoms with van der Waals surface area (Å²) in [5, 5.41) is 25.6. The fraction of sp³-hybridized carbons (Fsp3) is 0.296. The molecule has 37 heavy (non-hydrogen) atoms. The molecule has 0 saturated heterocycles. The summed E-state index contributed by atoms with van der Waals surface area (Å²) in [4.78, 5) is 40.1. The Labute approximate surface area is 216 Å². The summed E-state index contributed by atoms with van der Waals surface area (Å²) in [6, 6.07) is 6.49. The number of carbonyl (C=O) groups is 2. The van der Waals surface area contributed by atoms with Crippen LogP contribution in [0.25, 0.3) is 21.9 Å². The Bertz CT molecular complexity index is 1590. The number of aromatic amines is 1. The standard InChI is InChI=1S/C27H25ClN2O7/c1-13(25(32)30-22(26(33)34)8-14-12-29-21-7-6-15(31)9-18(14)21)36-24-11-23-19(10-20(24)28)16-4-2-3-5-17(16)27(35)37-23/h6-7,9-13,22,29,31H,2-5,8H2,1H3,(H,30,32)(H,33,34)/p-1/t13-,22+/m0/s1. The first kappa shape index (κ1) is 24.7. The Morgan fingerprint density at radius 2 is 1.95 bits per heavy atom. The van der Waals surface area contributed by atoms with Crippen molar-refractivity contribution in [2.75, 3.05) is 0 Å². The third-order valence-electron chi connectivity index (χ3n) is 6.73. The number of nitrogens with one attached hydrogen (secondary N) is 2. The minimum Gasteiger partial charge on any atom is -0.548 e. The molecule has 1 aliphatic rings. The van der Waals surface area contributed by atoms with Crippen LogP contribution < -0.4 is 20.8 Å². The van der Waals surface area contributed by atoms with Crippen LogP contribution in [0.15, 0.2) is 45.7 Å². The van der Waals surface area contributed by atoms with Crippen LogP contribution in [-0.2, 0) is 28.9 Å². The smallest absolute Gasteiger partial charge is 0.339 e. The number of carbonyl (C=O) groups excluding carboxylic acids is 2. The fourth-order valence-electron chi connectivity index (χ4n) is 4.82. The highest BCUT2D eigenvalue weighted by Gasteiger charge is 2.24. The minimum atomic E-state index is -1.47. The molecule has 4 aromatic rings. The van der Waals surface area contributed by atoms with Gasteiger partial charge in [-0.15, -0.1) is 0 Å². The van der Waals surface area contributed by atoms with Crippen LogP contribution in [0.3, 0.4) is 0 Å². The van der Waals surface area contributed by atoms with Crippen LogP contribution in [0.5, 0.6) is 11.5 Å². The summed E-state index contributed by atoms with van der Waals surface area (Å²) < 4.78 is 11.2. The van der Waals surface area contributed by atoms with Gasteiger partial charge in [0.05, 0.1) is 17.0 Å². The zero-order chi connectivity index (χ0) is 26.3. The zero-order valence-electron chi connectivity index (χ0n) is 19.9. The number of hydrogen-bond donors (Lipinski definition) is 3. The van der Waals surface area contributed by atoms with Gasteiger partial charge in [-0.1, -0.05) is 11.6 Å². The lowest BCUT2D eigenvalue weighted by molar-refractivity contribution is -0.308. The molecule has 2 heterocycles. The summed E-state index contributed by atoms with van der Waals surface area (Å²) in [7, 11) is 0. The number of aromatic hydroxyl groups is 1. The van der Waals surface area contributed by atoms with Gasteiger partial charge < -0.3 is 34.5 Å². The lowest BCUT2D eigenvalue weighted by Gasteiger charge is -2.23. The van der Waals surface area contributed by atoms with Crippen molar-refractivity contribution in [3.8, 4) is 11.5 Å². The van der Waals surface area contributed by atoms with Crippen LogP contribution in [0.4, 0.5) is 0 Å². The second-order valence-corrected chi connectivity index (χ2v) is 9.63. The molecule has 9 nitrogen and oxygen atoms in total. The molecule has 5 rings (SSSR count). The van der Waals surface area contributed by atoms with Crippen molar-refractivity contribution in [3.05, 3.63) is 68.7 Å². The number of phenolic OH excluding ortho intramolecular Hbond substituents is 1. The molecule has 3 N–H and O–H groups in total. The van der Waals surface area contributed by atoms with Crippen LogP contribution in [0.1, 0.15) is 36.5 Å². The monoisotopic (exact) mass is 523 g/mol. The second kappa shape index (κ2) is 9.82. The highest BCUT2D eigenvalue weighted by Crippen LogP contribution is 2.34. The van der Waals surface area contributed by atoms with Gasteiger partial charge in [-0.2, -0.15) is 0 Å². The molecule has 0 radical (unpaired) electrons. The Kier molecular flexibility index (Phi) is 6.55. The zero-order valence-corrected chi connectivity index (χ0v) is 20.7. The normalized spacial score (nSPS) is 14.8. The number of aliphatic carboxylic acids is 1. The third-order valence-corrected chi connectivity index (χ3v) is 7.02. The number of H-pyrrole nitrogens is 1. The Morgan fingerprint density at radius 3 is 2.70 bits per heavy atom. The molecule has 1 amide bonds. The van der Waals surface area contributed by atoms with Gasteiger partial charge in [-0.25, -0.2) is 4.79 Å². The number of hydrogen-bond acceptors (Lipinski definition) is 7. The van der Waals surface area contributed by atoms with Crippen molar-refractivity contribution >= 4 is 45.3 Å². The number of halogens is 1.